The summed E-state index contributed by atoms with van der Waals surface area (Å²) in [6.07, 6.45) is 11.2. The monoisotopic (exact) mass is 199 g/mol. The van der Waals surface area contributed by atoms with E-state index in [2.05, 4.69) is 20.6 Å². The number of fused-ring (bicyclic) bond motifs is 1. The van der Waals surface area contributed by atoms with Gasteiger partial charge in [-0.1, -0.05) is 6.07 Å². The number of imidazole rings is 1. The third-order valence-corrected chi connectivity index (χ3v) is 3.05. The van der Waals surface area contributed by atoms with Crippen molar-refractivity contribution in [2.75, 3.05) is 0 Å². The van der Waals surface area contributed by atoms with Gasteiger partial charge in [-0.2, -0.15) is 0 Å². The van der Waals surface area contributed by atoms with Crippen molar-refractivity contribution in [1.29, 1.82) is 0 Å². The molecule has 3 rings (SSSR count). The van der Waals surface area contributed by atoms with E-state index in [-0.39, 0.29) is 0 Å². The fourth-order valence-corrected chi connectivity index (χ4v) is 2.33. The van der Waals surface area contributed by atoms with Crippen LogP contribution >= 0.6 is 0 Å². The van der Waals surface area contributed by atoms with Crippen molar-refractivity contribution in [2.45, 2.75) is 25.3 Å². The molecule has 1 aliphatic rings. The number of aryl methyl sites for hydroxylation is 1. The molecule has 1 atom stereocenters. The minimum Gasteiger partial charge on any atom is -0.328 e. The van der Waals surface area contributed by atoms with Crippen molar-refractivity contribution in [3.63, 3.8) is 0 Å². The van der Waals surface area contributed by atoms with Gasteiger partial charge in [0.15, 0.2) is 0 Å². The molecule has 2 heterocycles. The Morgan fingerprint density at radius 3 is 3.20 bits per heavy atom. The van der Waals surface area contributed by atoms with E-state index >= 15 is 0 Å². The van der Waals surface area contributed by atoms with Crippen LogP contribution in [0.1, 0.15) is 30.1 Å². The summed E-state index contributed by atoms with van der Waals surface area (Å²) in [7, 11) is 0. The topological polar surface area (TPSA) is 30.7 Å². The molecule has 0 fully saturated rings. The van der Waals surface area contributed by atoms with E-state index in [0.717, 1.165) is 6.42 Å². The van der Waals surface area contributed by atoms with Gasteiger partial charge in [0.1, 0.15) is 0 Å². The van der Waals surface area contributed by atoms with Gasteiger partial charge in [0.25, 0.3) is 0 Å². The van der Waals surface area contributed by atoms with Gasteiger partial charge in [0.05, 0.1) is 18.1 Å². The second-order valence-corrected chi connectivity index (χ2v) is 3.97. The first-order valence-corrected chi connectivity index (χ1v) is 5.36. The van der Waals surface area contributed by atoms with Crippen LogP contribution in [0.5, 0.6) is 0 Å². The molecule has 0 radical (unpaired) electrons. The van der Waals surface area contributed by atoms with E-state index in [1.165, 1.54) is 24.1 Å². The zero-order valence-electron chi connectivity index (χ0n) is 8.50. The standard InChI is InChI=1S/C12H13N3/c1-3-10-4-2-6-14-12(10)11(5-1)15-8-7-13-9-15/h2,4,6-9,11H,1,3,5H2. The Hall–Kier alpha value is -1.64. The fraction of sp³-hybridized carbons (Fsp3) is 0.333. The summed E-state index contributed by atoms with van der Waals surface area (Å²) in [5, 5.41) is 0. The lowest BCUT2D eigenvalue weighted by atomic mass is 9.92. The zero-order chi connectivity index (χ0) is 10.1. The number of rotatable bonds is 1. The predicted octanol–water partition coefficient (Wildman–Crippen LogP) is 2.20. The lowest BCUT2D eigenvalue weighted by Gasteiger charge is -2.24. The van der Waals surface area contributed by atoms with Gasteiger partial charge in [0.2, 0.25) is 0 Å². The summed E-state index contributed by atoms with van der Waals surface area (Å²) in [6.45, 7) is 0. The van der Waals surface area contributed by atoms with Crippen LogP contribution in [0, 0.1) is 0 Å². The van der Waals surface area contributed by atoms with Gasteiger partial charge in [0, 0.05) is 18.6 Å². The second kappa shape index (κ2) is 3.50. The Labute approximate surface area is 88.8 Å². The highest BCUT2D eigenvalue weighted by atomic mass is 15.1. The molecule has 1 unspecified atom stereocenters. The molecular weight excluding hydrogens is 186 g/mol. The fourth-order valence-electron chi connectivity index (χ4n) is 2.33. The third-order valence-electron chi connectivity index (χ3n) is 3.05. The molecule has 1 aliphatic carbocycles. The first-order valence-electron chi connectivity index (χ1n) is 5.36. The summed E-state index contributed by atoms with van der Waals surface area (Å²) in [5.41, 5.74) is 2.62. The highest BCUT2D eigenvalue weighted by molar-refractivity contribution is 5.26. The van der Waals surface area contributed by atoms with Crippen molar-refractivity contribution in [2.24, 2.45) is 0 Å². The molecule has 0 saturated heterocycles. The largest absolute Gasteiger partial charge is 0.328 e. The number of hydrogen-bond donors (Lipinski definition) is 0. The van der Waals surface area contributed by atoms with Crippen molar-refractivity contribution in [1.82, 2.24) is 14.5 Å². The highest BCUT2D eigenvalue weighted by Crippen LogP contribution is 2.30. The van der Waals surface area contributed by atoms with E-state index in [1.807, 2.05) is 31.0 Å². The molecule has 0 aliphatic heterocycles. The van der Waals surface area contributed by atoms with Crippen LogP contribution in [-0.2, 0) is 6.42 Å². The Bertz CT molecular complexity index is 448. The summed E-state index contributed by atoms with van der Waals surface area (Å²) < 4.78 is 2.16. The van der Waals surface area contributed by atoms with Crippen LogP contribution in [0.4, 0.5) is 0 Å². The highest BCUT2D eigenvalue weighted by Gasteiger charge is 2.21. The average Bonchev–Trinajstić information content (AvgIpc) is 2.82. The maximum atomic E-state index is 4.51. The van der Waals surface area contributed by atoms with Crippen LogP contribution < -0.4 is 0 Å². The Morgan fingerprint density at radius 1 is 1.33 bits per heavy atom. The predicted molar refractivity (Wildman–Crippen MR) is 57.5 cm³/mol. The van der Waals surface area contributed by atoms with Crippen LogP contribution in [0.2, 0.25) is 0 Å². The minimum atomic E-state index is 0.387. The smallest absolute Gasteiger partial charge is 0.0952 e. The molecule has 0 amide bonds. The molecular formula is C12H13N3. The molecule has 2 aromatic rings. The molecule has 15 heavy (non-hydrogen) atoms. The van der Waals surface area contributed by atoms with Crippen molar-refractivity contribution >= 4 is 0 Å². The quantitative estimate of drug-likeness (QED) is 0.705. The Morgan fingerprint density at radius 2 is 2.33 bits per heavy atom. The van der Waals surface area contributed by atoms with E-state index in [0.29, 0.717) is 6.04 Å². The van der Waals surface area contributed by atoms with E-state index in [4.69, 9.17) is 0 Å². The number of pyridine rings is 1. The van der Waals surface area contributed by atoms with Crippen LogP contribution in [0.25, 0.3) is 0 Å². The van der Waals surface area contributed by atoms with Crippen molar-refractivity contribution in [3.05, 3.63) is 48.3 Å². The summed E-state index contributed by atoms with van der Waals surface area (Å²) in [4.78, 5) is 8.61. The summed E-state index contributed by atoms with van der Waals surface area (Å²) in [5.74, 6) is 0. The van der Waals surface area contributed by atoms with Crippen molar-refractivity contribution in [3.8, 4) is 0 Å². The molecule has 0 saturated carbocycles. The van der Waals surface area contributed by atoms with Crippen molar-refractivity contribution < 1.29 is 0 Å². The molecule has 0 N–H and O–H groups in total. The first-order chi connectivity index (χ1) is 7.45. The SMILES string of the molecule is c1cnc2c(c1)CCCC2n1ccnc1. The van der Waals surface area contributed by atoms with Gasteiger partial charge in [-0.3, -0.25) is 4.98 Å². The van der Waals surface area contributed by atoms with Crippen LogP contribution in [-0.4, -0.2) is 14.5 Å². The van der Waals surface area contributed by atoms with Gasteiger partial charge >= 0.3 is 0 Å². The van der Waals surface area contributed by atoms with Crippen LogP contribution in [0.3, 0.4) is 0 Å². The number of nitrogens with zero attached hydrogens (tertiary/aromatic N) is 3. The summed E-state index contributed by atoms with van der Waals surface area (Å²) in [6, 6.07) is 4.60. The maximum absolute atomic E-state index is 4.51. The third kappa shape index (κ3) is 1.44. The van der Waals surface area contributed by atoms with Gasteiger partial charge in [-0.25, -0.2) is 4.98 Å². The lowest BCUT2D eigenvalue weighted by molar-refractivity contribution is 0.476. The number of hydrogen-bond acceptors (Lipinski definition) is 2. The Balaban J connectivity index is 2.06. The molecule has 3 nitrogen and oxygen atoms in total. The normalized spacial score (nSPS) is 19.9. The van der Waals surface area contributed by atoms with Gasteiger partial charge in [-0.15, -0.1) is 0 Å². The van der Waals surface area contributed by atoms with Gasteiger partial charge in [-0.05, 0) is 30.9 Å². The molecule has 2 aromatic heterocycles. The van der Waals surface area contributed by atoms with E-state index in [1.54, 1.807) is 0 Å². The molecule has 0 bridgehead atoms. The first kappa shape index (κ1) is 8.65. The van der Waals surface area contributed by atoms with Crippen LogP contribution in [0.15, 0.2) is 37.1 Å². The number of aromatic nitrogens is 3. The maximum Gasteiger partial charge on any atom is 0.0952 e. The second-order valence-electron chi connectivity index (χ2n) is 3.97. The molecule has 3 heteroatoms. The minimum absolute atomic E-state index is 0.387. The molecule has 76 valence electrons. The van der Waals surface area contributed by atoms with E-state index < -0.39 is 0 Å². The van der Waals surface area contributed by atoms with Gasteiger partial charge < -0.3 is 4.57 Å². The van der Waals surface area contributed by atoms with E-state index in [9.17, 15) is 0 Å². The molecule has 0 spiro atoms. The molecule has 0 aromatic carbocycles. The Kier molecular flexibility index (Phi) is 2.02. The summed E-state index contributed by atoms with van der Waals surface area (Å²) >= 11 is 0. The average molecular weight is 199 g/mol. The zero-order valence-corrected chi connectivity index (χ0v) is 8.50. The lowest BCUT2D eigenvalue weighted by Crippen LogP contribution is -2.17.